The van der Waals surface area contributed by atoms with Gasteiger partial charge in [-0.3, -0.25) is 4.90 Å². The monoisotopic (exact) mass is 556 g/mol. The van der Waals surface area contributed by atoms with Crippen LogP contribution in [-0.2, 0) is 22.3 Å². The molecule has 2 aromatic rings. The van der Waals surface area contributed by atoms with Crippen LogP contribution in [0.2, 0.25) is 0 Å². The van der Waals surface area contributed by atoms with E-state index >= 15 is 0 Å². The van der Waals surface area contributed by atoms with Crippen molar-refractivity contribution in [3.8, 4) is 17.2 Å². The van der Waals surface area contributed by atoms with Crippen molar-refractivity contribution in [1.82, 2.24) is 10.2 Å². The average Bonchev–Trinajstić information content (AvgIpc) is 3.47. The molecule has 0 amide bonds. The first-order valence-corrected chi connectivity index (χ1v) is 14.8. The highest BCUT2D eigenvalue weighted by Gasteiger charge is 2.35. The molecule has 0 spiro atoms. The molecule has 0 radical (unpaired) electrons. The van der Waals surface area contributed by atoms with Crippen molar-refractivity contribution < 1.29 is 28.8 Å². The van der Waals surface area contributed by atoms with Crippen molar-refractivity contribution in [2.45, 2.75) is 69.2 Å². The van der Waals surface area contributed by atoms with Crippen LogP contribution in [0.3, 0.4) is 0 Å². The third-order valence-corrected chi connectivity index (χ3v) is 8.13. The van der Waals surface area contributed by atoms with Gasteiger partial charge in [0.2, 0.25) is 0 Å². The average molecular weight is 557 g/mol. The van der Waals surface area contributed by atoms with Gasteiger partial charge in [0.25, 0.3) is 0 Å². The minimum absolute atomic E-state index is 0.271. The van der Waals surface area contributed by atoms with Crippen LogP contribution in [0.25, 0.3) is 0 Å². The Morgan fingerprint density at radius 3 is 2.42 bits per heavy atom. The zero-order valence-electron chi connectivity index (χ0n) is 24.5. The minimum atomic E-state index is -0.551. The number of methoxy groups -OCH3 is 3. The summed E-state index contributed by atoms with van der Waals surface area (Å²) in [5.41, 5.74) is 2.41. The first kappa shape index (κ1) is 30.6. The highest BCUT2D eigenvalue weighted by molar-refractivity contribution is 5.42. The molecule has 4 atom stereocenters. The number of nitrogens with one attached hydrogen (secondary N) is 1. The van der Waals surface area contributed by atoms with Gasteiger partial charge >= 0.3 is 0 Å². The maximum absolute atomic E-state index is 10.5. The molecule has 0 bridgehead atoms. The molecule has 1 heterocycles. The summed E-state index contributed by atoms with van der Waals surface area (Å²) in [6, 6.07) is 14.9. The summed E-state index contributed by atoms with van der Waals surface area (Å²) in [4.78, 5) is 2.60. The van der Waals surface area contributed by atoms with Gasteiger partial charge in [-0.25, -0.2) is 0 Å². The molecule has 2 unspecified atom stereocenters. The third-order valence-electron chi connectivity index (χ3n) is 8.13. The smallest absolute Gasteiger partial charge is 0.160 e. The SMILES string of the molecule is COCCc1ccc(OCC(O)CNC2CCN([C@H]3CCCC[C@H]3OCCc3ccc(OC)c(OC)c3)C2)cc1. The van der Waals surface area contributed by atoms with Crippen LogP contribution in [0.4, 0.5) is 0 Å². The minimum Gasteiger partial charge on any atom is -0.493 e. The Bertz CT molecular complexity index is 1000. The van der Waals surface area contributed by atoms with Crippen LogP contribution in [0.5, 0.6) is 17.2 Å². The molecular formula is C32H48N2O6. The van der Waals surface area contributed by atoms with Crippen LogP contribution in [0.15, 0.2) is 42.5 Å². The van der Waals surface area contributed by atoms with Crippen molar-refractivity contribution in [2.24, 2.45) is 0 Å². The molecule has 2 aliphatic rings. The Morgan fingerprint density at radius 2 is 1.65 bits per heavy atom. The van der Waals surface area contributed by atoms with Gasteiger partial charge in [0, 0.05) is 38.8 Å². The van der Waals surface area contributed by atoms with Crippen LogP contribution in [-0.4, -0.2) is 95.1 Å². The van der Waals surface area contributed by atoms with Gasteiger partial charge < -0.3 is 34.1 Å². The number of likely N-dealkylation sites (tertiary alicyclic amines) is 1. The fourth-order valence-electron chi connectivity index (χ4n) is 5.84. The topological polar surface area (TPSA) is 81.7 Å². The quantitative estimate of drug-likeness (QED) is 0.323. The van der Waals surface area contributed by atoms with E-state index in [9.17, 15) is 5.11 Å². The summed E-state index contributed by atoms with van der Waals surface area (Å²) < 4.78 is 28.2. The fourth-order valence-corrected chi connectivity index (χ4v) is 5.84. The van der Waals surface area contributed by atoms with Crippen molar-refractivity contribution >= 4 is 0 Å². The molecular weight excluding hydrogens is 508 g/mol. The summed E-state index contributed by atoms with van der Waals surface area (Å²) in [5.74, 6) is 2.29. The lowest BCUT2D eigenvalue weighted by Crippen LogP contribution is -2.47. The van der Waals surface area contributed by atoms with Crippen LogP contribution >= 0.6 is 0 Å². The van der Waals surface area contributed by atoms with E-state index in [4.69, 9.17) is 23.7 Å². The van der Waals surface area contributed by atoms with Crippen LogP contribution < -0.4 is 19.5 Å². The van der Waals surface area contributed by atoms with Crippen LogP contribution in [0.1, 0.15) is 43.2 Å². The van der Waals surface area contributed by atoms with Crippen molar-refractivity contribution in [3.63, 3.8) is 0 Å². The van der Waals surface area contributed by atoms with Crippen LogP contribution in [0, 0.1) is 0 Å². The number of benzene rings is 2. The number of aliphatic hydroxyl groups is 1. The zero-order valence-corrected chi connectivity index (χ0v) is 24.5. The van der Waals surface area contributed by atoms with Crippen molar-refractivity contribution in [3.05, 3.63) is 53.6 Å². The number of rotatable bonds is 16. The normalized spacial score (nSPS) is 22.2. The maximum Gasteiger partial charge on any atom is 0.160 e. The second kappa shape index (κ2) is 16.2. The predicted octanol–water partition coefficient (Wildman–Crippen LogP) is 3.87. The first-order chi connectivity index (χ1) is 19.6. The highest BCUT2D eigenvalue weighted by atomic mass is 16.5. The molecule has 4 rings (SSSR count). The van der Waals surface area contributed by atoms with Crippen molar-refractivity contribution in [2.75, 3.05) is 60.8 Å². The van der Waals surface area contributed by atoms with Gasteiger partial charge in [0.1, 0.15) is 18.5 Å². The van der Waals surface area contributed by atoms with Gasteiger partial charge in [0.05, 0.1) is 33.5 Å². The lowest BCUT2D eigenvalue weighted by molar-refractivity contribution is -0.0296. The van der Waals surface area contributed by atoms with E-state index in [1.165, 1.54) is 30.4 Å². The number of aliphatic hydroxyl groups excluding tert-OH is 1. The van der Waals surface area contributed by atoms with Gasteiger partial charge in [0.15, 0.2) is 11.5 Å². The van der Waals surface area contributed by atoms with E-state index in [1.54, 1.807) is 21.3 Å². The molecule has 2 fully saturated rings. The van der Waals surface area contributed by atoms with Gasteiger partial charge in [-0.15, -0.1) is 0 Å². The summed E-state index contributed by atoms with van der Waals surface area (Å²) in [6.45, 7) is 4.28. The number of hydrogen-bond donors (Lipinski definition) is 2. The Kier molecular flexibility index (Phi) is 12.4. The Hall–Kier alpha value is -2.36. The van der Waals surface area contributed by atoms with E-state index in [2.05, 4.69) is 16.3 Å². The molecule has 8 nitrogen and oxygen atoms in total. The Balaban J connectivity index is 1.16. The molecule has 222 valence electrons. The Morgan fingerprint density at radius 1 is 0.900 bits per heavy atom. The second-order valence-corrected chi connectivity index (χ2v) is 10.9. The third kappa shape index (κ3) is 9.08. The largest absolute Gasteiger partial charge is 0.493 e. The molecule has 40 heavy (non-hydrogen) atoms. The molecule has 1 aliphatic carbocycles. The van der Waals surface area contributed by atoms with E-state index in [0.29, 0.717) is 31.8 Å². The summed E-state index contributed by atoms with van der Waals surface area (Å²) in [5, 5.41) is 14.1. The Labute approximate surface area is 239 Å². The van der Waals surface area contributed by atoms with E-state index < -0.39 is 6.10 Å². The maximum atomic E-state index is 10.5. The molecule has 1 saturated carbocycles. The predicted molar refractivity (Wildman–Crippen MR) is 157 cm³/mol. The second-order valence-electron chi connectivity index (χ2n) is 10.9. The standard InChI is InChI=1S/C32H48N2O6/c1-36-18-15-24-8-11-28(12-9-24)40-23-27(35)21-33-26-14-17-34(22-26)29-6-4-5-7-30(29)39-19-16-25-10-13-31(37-2)32(20-25)38-3/h8-13,20,26-27,29-30,33,35H,4-7,14-19,21-23H2,1-3H3/t26?,27?,29-,30+/m0/s1. The summed E-state index contributed by atoms with van der Waals surface area (Å²) in [6.07, 6.45) is 7.35. The fraction of sp³-hybridized carbons (Fsp3) is 0.625. The lowest BCUT2D eigenvalue weighted by atomic mass is 9.91. The lowest BCUT2D eigenvalue weighted by Gasteiger charge is -2.38. The number of ether oxygens (including phenoxy) is 5. The van der Waals surface area contributed by atoms with E-state index in [1.807, 2.05) is 36.4 Å². The van der Waals surface area contributed by atoms with Crippen molar-refractivity contribution in [1.29, 1.82) is 0 Å². The van der Waals surface area contributed by atoms with Gasteiger partial charge in [-0.1, -0.05) is 31.0 Å². The molecule has 1 aliphatic heterocycles. The number of nitrogens with zero attached hydrogens (tertiary/aromatic N) is 1. The van der Waals surface area contributed by atoms with Gasteiger partial charge in [-0.05, 0) is 67.5 Å². The first-order valence-electron chi connectivity index (χ1n) is 14.8. The molecule has 1 saturated heterocycles. The summed E-state index contributed by atoms with van der Waals surface area (Å²) in [7, 11) is 5.04. The highest BCUT2D eigenvalue weighted by Crippen LogP contribution is 2.30. The molecule has 2 aromatic carbocycles. The molecule has 2 N–H and O–H groups in total. The van der Waals surface area contributed by atoms with Gasteiger partial charge in [-0.2, -0.15) is 0 Å². The molecule has 0 aromatic heterocycles. The zero-order chi connectivity index (χ0) is 28.2. The van der Waals surface area contributed by atoms with E-state index in [-0.39, 0.29) is 12.7 Å². The summed E-state index contributed by atoms with van der Waals surface area (Å²) >= 11 is 0. The number of hydrogen-bond acceptors (Lipinski definition) is 8. The van der Waals surface area contributed by atoms with E-state index in [0.717, 1.165) is 56.0 Å². The molecule has 8 heteroatoms.